The van der Waals surface area contributed by atoms with Crippen LogP contribution in [0.1, 0.15) is 37.3 Å². The van der Waals surface area contributed by atoms with Gasteiger partial charge in [0.2, 0.25) is 0 Å². The van der Waals surface area contributed by atoms with E-state index in [1.54, 1.807) is 43.0 Å². The first-order chi connectivity index (χ1) is 24.2. The quantitative estimate of drug-likeness (QED) is 0.0807. The number of aromatic nitrogens is 4. The highest BCUT2D eigenvalue weighted by Crippen LogP contribution is 2.42. The number of carbonyl (C=O) groups excluding carboxylic acids is 4. The Morgan fingerprint density at radius 3 is 2.44 bits per heavy atom. The van der Waals surface area contributed by atoms with Crippen LogP contribution in [0.15, 0.2) is 48.4 Å². The molecule has 6 N–H and O–H groups in total. The number of likely N-dealkylation sites (N-methyl/N-ethyl adjacent to an activating group) is 1. The van der Waals surface area contributed by atoms with Crippen molar-refractivity contribution in [2.75, 3.05) is 54.6 Å². The van der Waals surface area contributed by atoms with E-state index in [2.05, 4.69) is 15.2 Å². The minimum absolute atomic E-state index is 0.0204. The monoisotopic (exact) mass is 696 g/mol. The molecule has 0 spiro atoms. The largest absolute Gasteiger partial charge is 0.400 e. The zero-order chi connectivity index (χ0) is 36.8. The van der Waals surface area contributed by atoms with Gasteiger partial charge in [0, 0.05) is 81.3 Å². The molecule has 0 unspecified atom stereocenters. The summed E-state index contributed by atoms with van der Waals surface area (Å²) in [5.74, 6) is 4.93. The highest BCUT2D eigenvalue weighted by atomic mass is 19.1. The van der Waals surface area contributed by atoms with E-state index in [1.165, 1.54) is 17.3 Å². The molecule has 3 aliphatic heterocycles. The number of carbonyl (C=O) groups is 4. The Hall–Kier alpha value is -4.87. The van der Waals surface area contributed by atoms with Gasteiger partial charge in [-0.1, -0.05) is 16.9 Å². The van der Waals surface area contributed by atoms with E-state index in [4.69, 9.17) is 21.8 Å². The maximum Gasteiger partial charge on any atom is 0.340 e. The summed E-state index contributed by atoms with van der Waals surface area (Å²) in [6.07, 6.45) is 7.03. The van der Waals surface area contributed by atoms with Gasteiger partial charge in [0.1, 0.15) is 43.3 Å². The Kier molecular flexibility index (Phi) is 14.9. The highest BCUT2D eigenvalue weighted by Gasteiger charge is 2.46. The third-order valence-corrected chi connectivity index (χ3v) is 8.36. The predicted molar refractivity (Wildman–Crippen MR) is 188 cm³/mol. The average molecular weight is 697 g/mol. The summed E-state index contributed by atoms with van der Waals surface area (Å²) >= 11 is 0. The van der Waals surface area contributed by atoms with Crippen LogP contribution < -0.4 is 21.5 Å². The Balaban J connectivity index is 0.000000358. The fourth-order valence-electron chi connectivity index (χ4n) is 6.33. The number of methoxy groups -OCH3 is 1. The first kappa shape index (κ1) is 39.6. The van der Waals surface area contributed by atoms with Gasteiger partial charge in [-0.2, -0.15) is 5.10 Å². The molecule has 3 aliphatic rings. The maximum absolute atomic E-state index is 15.5. The second kappa shape index (κ2) is 18.8. The standard InChI is InChI=1S/C25H23FN5O3.C6H14N4O.C2H6O.CH4O/c26-20-13-17-15-27-30-22(17)14-19(20)18-3-1-4-21-24(18)25(28-29(21)8-12-33)16-6-9-31(30,10-7-16)23(34)5-2-11-32;1-9-4-6(7)5-10(8)2-3-11;1-3-2;1-2/h1,3-4,11-16H,2,5-10H2;3,5,9H,2,4,7-8H2,1H3;1-2H3;2H,1H3/q+1;;;/b;6-5-;;. The summed E-state index contributed by atoms with van der Waals surface area (Å²) in [7, 11) is 6.03. The van der Waals surface area contributed by atoms with Gasteiger partial charge in [-0.15, -0.1) is 9.69 Å². The van der Waals surface area contributed by atoms with Crippen LogP contribution in [0.25, 0.3) is 32.9 Å². The zero-order valence-electron chi connectivity index (χ0n) is 28.9. The number of hydrogen-bond donors (Lipinski definition) is 4. The van der Waals surface area contributed by atoms with Crippen LogP contribution in [0, 0.1) is 5.82 Å². The third-order valence-electron chi connectivity index (χ3n) is 8.36. The number of nitrogens with zero attached hydrogens (tertiary/aromatic N) is 6. The van der Waals surface area contributed by atoms with Crippen molar-refractivity contribution in [2.45, 2.75) is 38.1 Å². The lowest BCUT2D eigenvalue weighted by atomic mass is 9.88. The molecule has 4 bridgehead atoms. The van der Waals surface area contributed by atoms with E-state index >= 15 is 4.39 Å². The number of amides is 1. The van der Waals surface area contributed by atoms with Gasteiger partial charge < -0.3 is 40.3 Å². The lowest BCUT2D eigenvalue weighted by molar-refractivity contribution is -0.141. The first-order valence-electron chi connectivity index (χ1n) is 16.1. The number of piperidine rings is 1. The summed E-state index contributed by atoms with van der Waals surface area (Å²) < 4.78 is 21.4. The second-order valence-corrected chi connectivity index (χ2v) is 11.6. The molecule has 0 aliphatic carbocycles. The molecule has 4 aromatic rings. The number of aldehydes is 3. The Bertz CT molecular complexity index is 1800. The number of rotatable bonds is 10. The summed E-state index contributed by atoms with van der Waals surface area (Å²) in [5.41, 5.74) is 9.50. The molecule has 1 amide bonds. The number of nitrogens with one attached hydrogen (secondary N) is 1. The fraction of sp³-hybridized carbons (Fsp3) is 0.412. The molecule has 1 saturated heterocycles. The van der Waals surface area contributed by atoms with E-state index in [1.807, 2.05) is 18.2 Å². The van der Waals surface area contributed by atoms with Gasteiger partial charge >= 0.3 is 5.91 Å². The molecule has 0 radical (unpaired) electrons. The van der Waals surface area contributed by atoms with Crippen molar-refractivity contribution in [3.63, 3.8) is 0 Å². The molecule has 0 atom stereocenters. The van der Waals surface area contributed by atoms with Crippen LogP contribution in [0.5, 0.6) is 0 Å². The number of aliphatic hydroxyl groups is 1. The predicted octanol–water partition coefficient (Wildman–Crippen LogP) is 1.48. The number of ether oxygens (including phenoxy) is 1. The number of fused-ring (bicyclic) bond motifs is 2. The molecule has 5 heterocycles. The number of halogens is 1. The van der Waals surface area contributed by atoms with E-state index in [0.29, 0.717) is 60.9 Å². The average Bonchev–Trinajstić information content (AvgIpc) is 3.69. The van der Waals surface area contributed by atoms with Gasteiger partial charge in [-0.3, -0.25) is 4.68 Å². The molecule has 270 valence electrons. The summed E-state index contributed by atoms with van der Waals surface area (Å²) in [4.78, 5) is 47.5. The van der Waals surface area contributed by atoms with Crippen LogP contribution in [0.3, 0.4) is 0 Å². The van der Waals surface area contributed by atoms with Gasteiger partial charge in [0.15, 0.2) is 0 Å². The molecule has 0 saturated carbocycles. The molecule has 2 aromatic carbocycles. The molecular formula is C34H47FN9O6+. The summed E-state index contributed by atoms with van der Waals surface area (Å²) in [6.45, 7) is 1.83. The van der Waals surface area contributed by atoms with Crippen molar-refractivity contribution in [3.05, 3.63) is 59.9 Å². The summed E-state index contributed by atoms with van der Waals surface area (Å²) in [6, 6.07) is 8.86. The molecule has 1 fully saturated rings. The van der Waals surface area contributed by atoms with E-state index < -0.39 is 0 Å². The zero-order valence-corrected chi connectivity index (χ0v) is 28.9. The SMILES string of the molecule is CNC/C(N)=C/N(N)CC=O.CO.COC.O=CCCC(=O)[N+]12CCC(CC1)c1nn(CC=O)c3cccc(c13)-c1cc3c(cnn32)cc1F. The first-order valence-corrected chi connectivity index (χ1v) is 16.1. The normalized spacial score (nSPS) is 17.3. The second-order valence-electron chi connectivity index (χ2n) is 11.6. The molecule has 16 heteroatoms. The number of hydrazine groups is 1. The van der Waals surface area contributed by atoms with Gasteiger partial charge in [-0.25, -0.2) is 15.0 Å². The fourth-order valence-corrected chi connectivity index (χ4v) is 6.33. The van der Waals surface area contributed by atoms with Crippen molar-refractivity contribution < 1.29 is 33.4 Å². The van der Waals surface area contributed by atoms with Crippen LogP contribution in [0.4, 0.5) is 4.39 Å². The smallest absolute Gasteiger partial charge is 0.340 e. The van der Waals surface area contributed by atoms with Crippen LogP contribution >= 0.6 is 0 Å². The van der Waals surface area contributed by atoms with Crippen LogP contribution in [-0.4, -0.2) is 109 Å². The van der Waals surface area contributed by atoms with Crippen molar-refractivity contribution in [1.82, 2.24) is 34.6 Å². The number of aliphatic hydroxyl groups excluding tert-OH is 1. The van der Waals surface area contributed by atoms with Crippen LogP contribution in [-0.2, 0) is 30.5 Å². The van der Waals surface area contributed by atoms with Gasteiger partial charge in [0.25, 0.3) is 0 Å². The number of hydrogen-bond acceptors (Lipinski definition) is 12. The van der Waals surface area contributed by atoms with E-state index in [-0.39, 0.29) is 48.2 Å². The van der Waals surface area contributed by atoms with Gasteiger partial charge in [0.05, 0.1) is 36.9 Å². The van der Waals surface area contributed by atoms with Crippen LogP contribution in [0.2, 0.25) is 0 Å². The minimum Gasteiger partial charge on any atom is -0.400 e. The number of benzene rings is 2. The van der Waals surface area contributed by atoms with E-state index in [9.17, 15) is 19.2 Å². The number of quaternary nitrogens is 1. The molecule has 2 aromatic heterocycles. The molecule has 7 rings (SSSR count). The molecule has 50 heavy (non-hydrogen) atoms. The molecular weight excluding hydrogens is 649 g/mol. The van der Waals surface area contributed by atoms with Crippen molar-refractivity contribution >= 4 is 46.6 Å². The number of nitrogens with two attached hydrogens (primary N) is 2. The topological polar surface area (TPSA) is 201 Å². The third kappa shape index (κ3) is 8.46. The van der Waals surface area contributed by atoms with Crippen molar-refractivity contribution in [2.24, 2.45) is 11.6 Å². The lowest BCUT2D eigenvalue weighted by Crippen LogP contribution is -2.65. The van der Waals surface area contributed by atoms with Crippen molar-refractivity contribution in [3.8, 4) is 11.1 Å². The maximum atomic E-state index is 15.5. The Morgan fingerprint density at radius 1 is 1.12 bits per heavy atom. The van der Waals surface area contributed by atoms with E-state index in [0.717, 1.165) is 41.8 Å². The minimum atomic E-state index is -0.380. The Morgan fingerprint density at radius 2 is 1.82 bits per heavy atom. The van der Waals surface area contributed by atoms with Gasteiger partial charge in [-0.05, 0) is 30.8 Å². The lowest BCUT2D eigenvalue weighted by Gasteiger charge is -2.39. The highest BCUT2D eigenvalue weighted by molar-refractivity contribution is 6.00. The summed E-state index contributed by atoms with van der Waals surface area (Å²) in [5, 5.41) is 21.9. The molecule has 15 nitrogen and oxygen atoms in total. The Labute approximate surface area is 289 Å². The van der Waals surface area contributed by atoms with Crippen molar-refractivity contribution in [1.29, 1.82) is 0 Å².